The van der Waals surface area contributed by atoms with Crippen molar-refractivity contribution in [3.05, 3.63) is 72.8 Å². The SMILES string of the molecule is C=CCc1ccc(O)c(-[13c]2[13cH][13cH][13c](O)[13c](CC=C)[13cH]2)c1. The molecular formula is C18H18O2. The molecule has 2 aromatic rings. The van der Waals surface area contributed by atoms with E-state index >= 15 is 0 Å². The lowest BCUT2D eigenvalue weighted by molar-refractivity contribution is 0.469. The van der Waals surface area contributed by atoms with Crippen LogP contribution in [0.15, 0.2) is 61.7 Å². The van der Waals surface area contributed by atoms with Crippen molar-refractivity contribution in [2.24, 2.45) is 0 Å². The van der Waals surface area contributed by atoms with Crippen molar-refractivity contribution in [3.8, 4) is 22.6 Å². The molecule has 20 heavy (non-hydrogen) atoms. The predicted octanol–water partition coefficient (Wildman–Crippen LogP) is 4.22. The lowest BCUT2D eigenvalue weighted by Crippen LogP contribution is -1.88. The van der Waals surface area contributed by atoms with Gasteiger partial charge in [0.25, 0.3) is 0 Å². The highest BCUT2D eigenvalue weighted by molar-refractivity contribution is 5.72. The maximum absolute atomic E-state index is 10.0. The van der Waals surface area contributed by atoms with Gasteiger partial charge in [-0.1, -0.05) is 24.3 Å². The highest BCUT2D eigenvalue weighted by Gasteiger charge is 2.08. The lowest BCUT2D eigenvalue weighted by atomic mass is 10.1. The fraction of sp³-hybridized carbons (Fsp3) is 0.111. The molecule has 2 nitrogen and oxygen atoms in total. The van der Waals surface area contributed by atoms with Crippen LogP contribution < -0.4 is 0 Å². The van der Waals surface area contributed by atoms with Gasteiger partial charge in [-0.2, -0.15) is 0 Å². The second kappa shape index (κ2) is 6.11. The topological polar surface area (TPSA) is 40.5 Å². The normalized spacial score (nSPS) is 10.2. The summed E-state index contributed by atoms with van der Waals surface area (Å²) in [5, 5.41) is 19.8. The summed E-state index contributed by atoms with van der Waals surface area (Å²) >= 11 is 0. The van der Waals surface area contributed by atoms with Gasteiger partial charge in [0.2, 0.25) is 0 Å². The molecule has 0 unspecified atom stereocenters. The smallest absolute Gasteiger partial charge is 0.123 e. The van der Waals surface area contributed by atoms with Crippen LogP contribution in [0.5, 0.6) is 11.5 Å². The fourth-order valence-electron chi connectivity index (χ4n) is 2.18. The minimum atomic E-state index is 0.230. The van der Waals surface area contributed by atoms with Crippen molar-refractivity contribution in [1.29, 1.82) is 0 Å². The molecule has 0 bridgehead atoms. The van der Waals surface area contributed by atoms with Gasteiger partial charge in [0.1, 0.15) is 11.5 Å². The van der Waals surface area contributed by atoms with Crippen molar-refractivity contribution in [2.45, 2.75) is 12.8 Å². The van der Waals surface area contributed by atoms with Gasteiger partial charge in [-0.05, 0) is 53.8 Å². The molecular weight excluding hydrogens is 254 g/mol. The summed E-state index contributed by atoms with van der Waals surface area (Å²) < 4.78 is 0. The Morgan fingerprint density at radius 2 is 1.55 bits per heavy atom. The summed E-state index contributed by atoms with van der Waals surface area (Å²) in [4.78, 5) is 0. The van der Waals surface area contributed by atoms with Crippen LogP contribution in [0.2, 0.25) is 0 Å². The highest BCUT2D eigenvalue weighted by atomic mass is 16.3. The van der Waals surface area contributed by atoms with E-state index in [1.807, 2.05) is 24.3 Å². The molecule has 2 N–H and O–H groups in total. The Bertz CT molecular complexity index is 642. The van der Waals surface area contributed by atoms with E-state index in [9.17, 15) is 10.2 Å². The number of rotatable bonds is 5. The van der Waals surface area contributed by atoms with Gasteiger partial charge >= 0.3 is 0 Å². The molecule has 0 aliphatic carbocycles. The van der Waals surface area contributed by atoms with E-state index in [4.69, 9.17) is 0 Å². The van der Waals surface area contributed by atoms with Crippen LogP contribution in [-0.4, -0.2) is 10.2 Å². The second-order valence-corrected chi connectivity index (χ2v) is 4.68. The number of benzene rings is 2. The quantitative estimate of drug-likeness (QED) is 0.800. The number of hydrogen-bond acceptors (Lipinski definition) is 2. The number of hydrogen-bond donors (Lipinski definition) is 2. The van der Waals surface area contributed by atoms with Crippen LogP contribution in [0.1, 0.15) is 11.1 Å². The lowest BCUT2D eigenvalue weighted by Gasteiger charge is -2.10. The first-order valence-electron chi connectivity index (χ1n) is 6.51. The van der Waals surface area contributed by atoms with E-state index in [0.717, 1.165) is 28.7 Å². The minimum absolute atomic E-state index is 0.230. The first-order valence-corrected chi connectivity index (χ1v) is 6.51. The van der Waals surface area contributed by atoms with E-state index in [1.54, 1.807) is 24.3 Å². The van der Waals surface area contributed by atoms with E-state index in [0.29, 0.717) is 6.42 Å². The molecule has 2 aromatic carbocycles. The zero-order chi connectivity index (χ0) is 14.5. The number of aromatic hydroxyl groups is 2. The van der Waals surface area contributed by atoms with Gasteiger partial charge in [-0.15, -0.1) is 13.2 Å². The second-order valence-electron chi connectivity index (χ2n) is 4.68. The Kier molecular flexibility index (Phi) is 4.26. The van der Waals surface area contributed by atoms with Crippen molar-refractivity contribution in [3.63, 3.8) is 0 Å². The summed E-state index contributed by atoms with van der Waals surface area (Å²) in [6.45, 7) is 7.41. The van der Waals surface area contributed by atoms with Crippen LogP contribution in [0.25, 0.3) is 11.1 Å². The summed E-state index contributed by atoms with van der Waals surface area (Å²) in [5.41, 5.74) is 3.52. The number of phenols is 2. The molecule has 0 aromatic heterocycles. The molecule has 0 saturated carbocycles. The Hall–Kier alpha value is -2.48. The van der Waals surface area contributed by atoms with Gasteiger partial charge in [0.05, 0.1) is 0 Å². The maximum atomic E-state index is 10.0. The summed E-state index contributed by atoms with van der Waals surface area (Å²) in [6, 6.07) is 10.8. The van der Waals surface area contributed by atoms with Crippen LogP contribution in [0, 0.1) is 0 Å². The first kappa shape index (κ1) is 13.9. The number of allylic oxidation sites excluding steroid dienone is 2. The predicted molar refractivity (Wildman–Crippen MR) is 83.0 cm³/mol. The molecule has 0 atom stereocenters. The van der Waals surface area contributed by atoms with Crippen LogP contribution in [0.3, 0.4) is 0 Å². The minimum Gasteiger partial charge on any atom is -0.508 e. The van der Waals surface area contributed by atoms with Crippen molar-refractivity contribution >= 4 is 0 Å². The monoisotopic (exact) mass is 272 g/mol. The molecule has 102 valence electrons. The third-order valence-corrected chi connectivity index (χ3v) is 3.20. The number of phenolic OH excluding ortho intramolecular Hbond substituents is 2. The van der Waals surface area contributed by atoms with Gasteiger partial charge < -0.3 is 10.2 Å². The Morgan fingerprint density at radius 1 is 0.850 bits per heavy atom. The zero-order valence-electron chi connectivity index (χ0n) is 11.3. The third-order valence-electron chi connectivity index (χ3n) is 3.20. The van der Waals surface area contributed by atoms with Gasteiger partial charge in [0, 0.05) is 5.56 Å². The molecule has 0 amide bonds. The van der Waals surface area contributed by atoms with E-state index in [1.165, 1.54) is 0 Å². The molecule has 2 rings (SSSR count). The largest absolute Gasteiger partial charge is 0.508 e. The maximum Gasteiger partial charge on any atom is 0.123 e. The molecule has 0 fully saturated rings. The van der Waals surface area contributed by atoms with Crippen LogP contribution >= 0.6 is 0 Å². The fourth-order valence-corrected chi connectivity index (χ4v) is 2.18. The standard InChI is InChI=1S/C18H18O2/c1-3-5-13-7-9-18(20)16(11-13)14-8-10-17(19)15(12-14)6-4-2/h3-4,7-12,19-20H,1-2,5-6H2/i8+1,10+1,12+1,14+1,15+1,17+1. The van der Waals surface area contributed by atoms with E-state index < -0.39 is 0 Å². The first-order chi connectivity index (χ1) is 9.65. The van der Waals surface area contributed by atoms with Gasteiger partial charge in [0.15, 0.2) is 0 Å². The molecule has 0 aliphatic rings. The average molecular weight is 272 g/mol. The summed E-state index contributed by atoms with van der Waals surface area (Å²) in [5.74, 6) is 0.475. The molecule has 0 heterocycles. The molecule has 0 radical (unpaired) electrons. The van der Waals surface area contributed by atoms with Crippen LogP contribution in [0.4, 0.5) is 0 Å². The van der Waals surface area contributed by atoms with Crippen LogP contribution in [-0.2, 0) is 12.8 Å². The van der Waals surface area contributed by atoms with Gasteiger partial charge in [-0.3, -0.25) is 0 Å². The Morgan fingerprint density at radius 3 is 2.25 bits per heavy atom. The molecule has 0 saturated heterocycles. The molecule has 2 heteroatoms. The van der Waals surface area contributed by atoms with Crippen molar-refractivity contribution in [2.75, 3.05) is 0 Å². The Balaban J connectivity index is 2.49. The van der Waals surface area contributed by atoms with Gasteiger partial charge in [-0.25, -0.2) is 0 Å². The van der Waals surface area contributed by atoms with E-state index in [2.05, 4.69) is 13.2 Å². The van der Waals surface area contributed by atoms with Crippen molar-refractivity contribution < 1.29 is 10.2 Å². The average Bonchev–Trinajstić information content (AvgIpc) is 2.44. The molecule has 0 aliphatic heterocycles. The third kappa shape index (κ3) is 2.91. The van der Waals surface area contributed by atoms with E-state index in [-0.39, 0.29) is 11.5 Å². The van der Waals surface area contributed by atoms with Crippen molar-refractivity contribution in [1.82, 2.24) is 0 Å². The Labute approximate surface area is 119 Å². The zero-order valence-corrected chi connectivity index (χ0v) is 11.3. The summed E-state index contributed by atoms with van der Waals surface area (Å²) in [6.07, 6.45) is 4.92. The highest BCUT2D eigenvalue weighted by Crippen LogP contribution is 2.33. The molecule has 0 spiro atoms. The summed E-state index contributed by atoms with van der Waals surface area (Å²) in [7, 11) is 0.